The van der Waals surface area contributed by atoms with Crippen LogP contribution >= 0.6 is 11.3 Å². The van der Waals surface area contributed by atoms with Gasteiger partial charge in [0.15, 0.2) is 0 Å². The Morgan fingerprint density at radius 3 is 2.77 bits per heavy atom. The number of nitrogens with one attached hydrogen (secondary N) is 2. The molecule has 0 aliphatic heterocycles. The van der Waals surface area contributed by atoms with E-state index in [1.165, 1.54) is 11.3 Å². The first-order valence-corrected chi connectivity index (χ1v) is 9.10. The van der Waals surface area contributed by atoms with Crippen LogP contribution in [-0.4, -0.2) is 18.6 Å². The maximum atomic E-state index is 12.4. The summed E-state index contributed by atoms with van der Waals surface area (Å²) in [5.74, 6) is 0. The lowest BCUT2D eigenvalue weighted by Crippen LogP contribution is -2.11. The van der Waals surface area contributed by atoms with Crippen molar-refractivity contribution in [3.8, 4) is 11.3 Å². The standard InChI is InChI=1S/C15H15N3O2S2/c1-2-13-6-7-15(21-13)22(19,20)18-12-5-3-4-11(10-12)14-8-9-16-17-14/h3-10,18H,2H2,1H3,(H,16,17). The predicted octanol–water partition coefficient (Wildman–Crippen LogP) is 3.50. The summed E-state index contributed by atoms with van der Waals surface area (Å²) in [6.07, 6.45) is 2.49. The minimum Gasteiger partial charge on any atom is -0.279 e. The van der Waals surface area contributed by atoms with E-state index in [1.807, 2.05) is 25.1 Å². The molecule has 22 heavy (non-hydrogen) atoms. The third-order valence-electron chi connectivity index (χ3n) is 3.18. The highest BCUT2D eigenvalue weighted by molar-refractivity contribution is 7.94. The Morgan fingerprint density at radius 1 is 1.23 bits per heavy atom. The quantitative estimate of drug-likeness (QED) is 0.750. The lowest BCUT2D eigenvalue weighted by atomic mass is 10.1. The van der Waals surface area contributed by atoms with Crippen molar-refractivity contribution in [2.24, 2.45) is 0 Å². The molecule has 0 radical (unpaired) electrons. The van der Waals surface area contributed by atoms with Crippen LogP contribution in [0.3, 0.4) is 0 Å². The molecule has 114 valence electrons. The average molecular weight is 333 g/mol. The van der Waals surface area contributed by atoms with Gasteiger partial charge >= 0.3 is 0 Å². The summed E-state index contributed by atoms with van der Waals surface area (Å²) in [7, 11) is -3.55. The normalized spacial score (nSPS) is 11.5. The van der Waals surface area contributed by atoms with Gasteiger partial charge in [0.1, 0.15) is 4.21 Å². The van der Waals surface area contributed by atoms with Gasteiger partial charge < -0.3 is 0 Å². The summed E-state index contributed by atoms with van der Waals surface area (Å²) in [5.41, 5.74) is 2.24. The van der Waals surface area contributed by atoms with Gasteiger partial charge in [-0.25, -0.2) is 8.42 Å². The smallest absolute Gasteiger partial charge is 0.271 e. The van der Waals surface area contributed by atoms with Gasteiger partial charge in [-0.3, -0.25) is 9.82 Å². The summed E-state index contributed by atoms with van der Waals surface area (Å²) < 4.78 is 27.8. The van der Waals surface area contributed by atoms with Crippen molar-refractivity contribution in [2.75, 3.05) is 4.72 Å². The van der Waals surface area contributed by atoms with E-state index in [1.54, 1.807) is 30.5 Å². The fourth-order valence-electron chi connectivity index (χ4n) is 2.07. The van der Waals surface area contributed by atoms with E-state index in [9.17, 15) is 8.42 Å². The first-order valence-electron chi connectivity index (χ1n) is 6.80. The average Bonchev–Trinajstić information content (AvgIpc) is 3.19. The van der Waals surface area contributed by atoms with Crippen molar-refractivity contribution >= 4 is 27.0 Å². The Labute approximate surface area is 133 Å². The topological polar surface area (TPSA) is 74.8 Å². The second kappa shape index (κ2) is 5.94. The van der Waals surface area contributed by atoms with Gasteiger partial charge in [-0.2, -0.15) is 5.10 Å². The molecule has 3 aromatic rings. The molecular weight excluding hydrogens is 318 g/mol. The minimum absolute atomic E-state index is 0.330. The number of nitrogens with zero attached hydrogens (tertiary/aromatic N) is 1. The number of H-pyrrole nitrogens is 1. The van der Waals surface area contributed by atoms with Crippen LogP contribution in [0.1, 0.15) is 11.8 Å². The summed E-state index contributed by atoms with van der Waals surface area (Å²) in [6, 6.07) is 12.5. The van der Waals surface area contributed by atoms with Crippen molar-refractivity contribution < 1.29 is 8.42 Å². The van der Waals surface area contributed by atoms with Gasteiger partial charge in [-0.1, -0.05) is 19.1 Å². The largest absolute Gasteiger partial charge is 0.279 e. The summed E-state index contributed by atoms with van der Waals surface area (Å²) in [5, 5.41) is 6.76. The van der Waals surface area contributed by atoms with Crippen LogP contribution in [0.25, 0.3) is 11.3 Å². The molecule has 0 spiro atoms. The molecule has 2 heterocycles. The van der Waals surface area contributed by atoms with Crippen molar-refractivity contribution in [3.63, 3.8) is 0 Å². The van der Waals surface area contributed by atoms with Gasteiger partial charge in [0.2, 0.25) is 0 Å². The lowest BCUT2D eigenvalue weighted by molar-refractivity contribution is 0.603. The molecule has 0 bridgehead atoms. The van der Waals surface area contributed by atoms with Crippen LogP contribution in [-0.2, 0) is 16.4 Å². The monoisotopic (exact) mass is 333 g/mol. The van der Waals surface area contributed by atoms with Crippen molar-refractivity contribution in [1.82, 2.24) is 10.2 Å². The Hall–Kier alpha value is -2.12. The fraction of sp³-hybridized carbons (Fsp3) is 0.133. The van der Waals surface area contributed by atoms with E-state index in [-0.39, 0.29) is 0 Å². The van der Waals surface area contributed by atoms with E-state index in [4.69, 9.17) is 0 Å². The molecule has 0 saturated carbocycles. The molecule has 5 nitrogen and oxygen atoms in total. The fourth-order valence-corrected chi connectivity index (χ4v) is 4.41. The van der Waals surface area contributed by atoms with Gasteiger partial charge in [0.05, 0.1) is 5.69 Å². The molecule has 0 atom stereocenters. The van der Waals surface area contributed by atoms with Gasteiger partial charge in [0, 0.05) is 22.3 Å². The first-order chi connectivity index (χ1) is 10.6. The predicted molar refractivity (Wildman–Crippen MR) is 88.5 cm³/mol. The molecule has 2 N–H and O–H groups in total. The summed E-state index contributed by atoms with van der Waals surface area (Å²) in [6.45, 7) is 2.00. The van der Waals surface area contributed by atoms with Crippen LogP contribution in [0, 0.1) is 0 Å². The Morgan fingerprint density at radius 2 is 2.09 bits per heavy atom. The van der Waals surface area contributed by atoms with Crippen LogP contribution in [0.15, 0.2) is 52.9 Å². The second-order valence-electron chi connectivity index (χ2n) is 4.73. The molecule has 3 rings (SSSR count). The molecular formula is C15H15N3O2S2. The number of aromatic nitrogens is 2. The van der Waals surface area contributed by atoms with Crippen LogP contribution in [0.5, 0.6) is 0 Å². The highest BCUT2D eigenvalue weighted by Gasteiger charge is 2.17. The number of benzene rings is 1. The number of aryl methyl sites for hydroxylation is 1. The second-order valence-corrected chi connectivity index (χ2v) is 7.81. The zero-order chi connectivity index (χ0) is 15.6. The van der Waals surface area contributed by atoms with Crippen molar-refractivity contribution in [1.29, 1.82) is 0 Å². The molecule has 0 unspecified atom stereocenters. The number of hydrogen-bond donors (Lipinski definition) is 2. The number of hydrogen-bond acceptors (Lipinski definition) is 4. The third-order valence-corrected chi connectivity index (χ3v) is 6.28. The van der Waals surface area contributed by atoms with Gasteiger partial charge in [-0.15, -0.1) is 11.3 Å². The molecule has 0 fully saturated rings. The van der Waals surface area contributed by atoms with Crippen molar-refractivity contribution in [2.45, 2.75) is 17.6 Å². The minimum atomic E-state index is -3.55. The zero-order valence-corrected chi connectivity index (χ0v) is 13.5. The Bertz CT molecular complexity index is 868. The number of rotatable bonds is 5. The number of aromatic amines is 1. The summed E-state index contributed by atoms with van der Waals surface area (Å²) in [4.78, 5) is 1.05. The zero-order valence-electron chi connectivity index (χ0n) is 11.9. The van der Waals surface area contributed by atoms with Crippen LogP contribution in [0.2, 0.25) is 0 Å². The lowest BCUT2D eigenvalue weighted by Gasteiger charge is -2.07. The van der Waals surface area contributed by atoms with E-state index in [2.05, 4.69) is 14.9 Å². The maximum Gasteiger partial charge on any atom is 0.271 e. The van der Waals surface area contributed by atoms with E-state index >= 15 is 0 Å². The molecule has 0 aliphatic carbocycles. The van der Waals surface area contributed by atoms with Crippen LogP contribution in [0.4, 0.5) is 5.69 Å². The Balaban J connectivity index is 1.88. The van der Waals surface area contributed by atoms with Gasteiger partial charge in [0.25, 0.3) is 10.0 Å². The summed E-state index contributed by atoms with van der Waals surface area (Å²) >= 11 is 1.29. The first kappa shape index (κ1) is 14.8. The number of anilines is 1. The maximum absolute atomic E-state index is 12.4. The highest BCUT2D eigenvalue weighted by atomic mass is 32.2. The molecule has 0 saturated heterocycles. The molecule has 0 aliphatic rings. The van der Waals surface area contributed by atoms with Crippen LogP contribution < -0.4 is 4.72 Å². The van der Waals surface area contributed by atoms with E-state index in [0.29, 0.717) is 9.90 Å². The third kappa shape index (κ3) is 3.05. The van der Waals surface area contributed by atoms with Gasteiger partial charge in [-0.05, 0) is 36.8 Å². The molecule has 7 heteroatoms. The molecule has 0 amide bonds. The van der Waals surface area contributed by atoms with Crippen molar-refractivity contribution in [3.05, 3.63) is 53.5 Å². The Kier molecular flexibility index (Phi) is 4.00. The molecule has 1 aromatic carbocycles. The number of sulfonamides is 1. The SMILES string of the molecule is CCc1ccc(S(=O)(=O)Nc2cccc(-c3ccn[nH]3)c2)s1. The van der Waals surface area contributed by atoms with E-state index in [0.717, 1.165) is 22.6 Å². The molecule has 2 aromatic heterocycles. The van der Waals surface area contributed by atoms with E-state index < -0.39 is 10.0 Å². The number of thiophene rings is 1. The highest BCUT2D eigenvalue weighted by Crippen LogP contribution is 2.26.